The predicted octanol–water partition coefficient (Wildman–Crippen LogP) is 3.01. The van der Waals surface area contributed by atoms with E-state index in [0.717, 1.165) is 18.2 Å². The van der Waals surface area contributed by atoms with Gasteiger partial charge in [0, 0.05) is 0 Å². The van der Waals surface area contributed by atoms with E-state index in [-0.39, 0.29) is 33.1 Å². The molecular formula is C16H14ClF3N2O4S. The van der Waals surface area contributed by atoms with Gasteiger partial charge < -0.3 is 16.2 Å². The number of rotatable bonds is 4. The third-order valence-corrected chi connectivity index (χ3v) is 5.84. The largest absolute Gasteiger partial charge is 0.426 e. The quantitative estimate of drug-likeness (QED) is 0.656. The number of para-hydroxylation sites is 1. The van der Waals surface area contributed by atoms with Crippen molar-refractivity contribution in [1.29, 1.82) is 0 Å². The normalized spacial score (nSPS) is 14.4. The SMILES string of the molecule is CC(O)(C(=O)Nc1ccc(S(=O)(=O)c2ccccc2N)cc1Cl)C(F)(F)F. The van der Waals surface area contributed by atoms with Crippen molar-refractivity contribution in [3.63, 3.8) is 0 Å². The number of hydrogen-bond acceptors (Lipinski definition) is 5. The van der Waals surface area contributed by atoms with Crippen LogP contribution < -0.4 is 11.1 Å². The van der Waals surface area contributed by atoms with Crippen LogP contribution in [0.15, 0.2) is 52.3 Å². The van der Waals surface area contributed by atoms with Gasteiger partial charge in [0.05, 0.1) is 26.2 Å². The zero-order valence-corrected chi connectivity index (χ0v) is 15.3. The number of hydrogen-bond donors (Lipinski definition) is 3. The van der Waals surface area contributed by atoms with Gasteiger partial charge in [-0.15, -0.1) is 0 Å². The first-order valence-electron chi connectivity index (χ1n) is 7.28. The third-order valence-electron chi connectivity index (χ3n) is 3.70. The summed E-state index contributed by atoms with van der Waals surface area (Å²) in [6.07, 6.45) is -5.21. The van der Waals surface area contributed by atoms with E-state index in [4.69, 9.17) is 17.3 Å². The Morgan fingerprint density at radius 3 is 2.30 bits per heavy atom. The number of amides is 1. The molecule has 0 aliphatic rings. The predicted molar refractivity (Wildman–Crippen MR) is 93.1 cm³/mol. The van der Waals surface area contributed by atoms with Crippen LogP contribution in [0.3, 0.4) is 0 Å². The Balaban J connectivity index is 2.37. The summed E-state index contributed by atoms with van der Waals surface area (Å²) in [4.78, 5) is 11.3. The van der Waals surface area contributed by atoms with Crippen molar-refractivity contribution in [3.8, 4) is 0 Å². The molecule has 2 aromatic rings. The molecule has 0 bridgehead atoms. The second kappa shape index (κ2) is 7.02. The van der Waals surface area contributed by atoms with E-state index in [1.165, 1.54) is 18.2 Å². The number of halogens is 4. The Morgan fingerprint density at radius 1 is 1.19 bits per heavy atom. The molecule has 0 aromatic heterocycles. The summed E-state index contributed by atoms with van der Waals surface area (Å²) < 4.78 is 63.3. The van der Waals surface area contributed by atoms with Gasteiger partial charge in [-0.1, -0.05) is 23.7 Å². The molecule has 2 rings (SSSR count). The first-order valence-corrected chi connectivity index (χ1v) is 9.14. The molecule has 6 nitrogen and oxygen atoms in total. The first kappa shape index (κ1) is 21.0. The van der Waals surface area contributed by atoms with E-state index in [1.54, 1.807) is 6.07 Å². The second-order valence-corrected chi connectivity index (χ2v) is 8.03. The summed E-state index contributed by atoms with van der Waals surface area (Å²) in [5.74, 6) is -1.76. The molecular weight excluding hydrogens is 409 g/mol. The number of carbonyl (C=O) groups excluding carboxylic acids is 1. The molecule has 4 N–H and O–H groups in total. The standard InChI is InChI=1S/C16H14ClF3N2O4S/c1-15(24,16(18,19)20)14(23)22-12-7-6-9(8-10(12)17)27(25,26)13-5-3-2-4-11(13)21/h2-8,24H,21H2,1H3,(H,22,23). The van der Waals surface area contributed by atoms with Crippen molar-refractivity contribution in [1.82, 2.24) is 0 Å². The number of alkyl halides is 3. The molecule has 0 saturated carbocycles. The van der Waals surface area contributed by atoms with Gasteiger partial charge in [0.2, 0.25) is 15.4 Å². The molecule has 2 aromatic carbocycles. The van der Waals surface area contributed by atoms with E-state index < -0.39 is 27.5 Å². The van der Waals surface area contributed by atoms with E-state index in [2.05, 4.69) is 0 Å². The number of nitrogens with two attached hydrogens (primary N) is 1. The monoisotopic (exact) mass is 422 g/mol. The van der Waals surface area contributed by atoms with Gasteiger partial charge in [0.25, 0.3) is 5.91 Å². The number of anilines is 2. The fourth-order valence-electron chi connectivity index (χ4n) is 1.99. The van der Waals surface area contributed by atoms with E-state index in [1.807, 2.05) is 5.32 Å². The van der Waals surface area contributed by atoms with Gasteiger partial charge in [0.1, 0.15) is 0 Å². The summed E-state index contributed by atoms with van der Waals surface area (Å²) in [6, 6.07) is 8.72. The van der Waals surface area contributed by atoms with Crippen molar-refractivity contribution in [2.24, 2.45) is 0 Å². The average Bonchev–Trinajstić information content (AvgIpc) is 2.55. The van der Waals surface area contributed by atoms with Gasteiger partial charge in [-0.05, 0) is 37.3 Å². The molecule has 0 saturated heterocycles. The van der Waals surface area contributed by atoms with Crippen LogP contribution in [0.4, 0.5) is 24.5 Å². The molecule has 0 radical (unpaired) electrons. The first-order chi connectivity index (χ1) is 12.3. The van der Waals surface area contributed by atoms with Gasteiger partial charge in [-0.3, -0.25) is 4.79 Å². The lowest BCUT2D eigenvalue weighted by Crippen LogP contribution is -2.52. The maximum absolute atomic E-state index is 12.7. The highest BCUT2D eigenvalue weighted by molar-refractivity contribution is 7.91. The van der Waals surface area contributed by atoms with Crippen LogP contribution in [0.1, 0.15) is 6.92 Å². The van der Waals surface area contributed by atoms with Crippen LogP contribution in [0, 0.1) is 0 Å². The topological polar surface area (TPSA) is 109 Å². The van der Waals surface area contributed by atoms with E-state index >= 15 is 0 Å². The highest BCUT2D eigenvalue weighted by Crippen LogP contribution is 2.34. The lowest BCUT2D eigenvalue weighted by Gasteiger charge is -2.25. The van der Waals surface area contributed by atoms with Crippen LogP contribution in [0.2, 0.25) is 5.02 Å². The molecule has 27 heavy (non-hydrogen) atoms. The summed E-state index contributed by atoms with van der Waals surface area (Å²) in [5, 5.41) is 10.8. The van der Waals surface area contributed by atoms with Crippen molar-refractivity contribution in [3.05, 3.63) is 47.5 Å². The Hall–Kier alpha value is -2.30. The Kier molecular flexibility index (Phi) is 5.46. The van der Waals surface area contributed by atoms with Crippen LogP contribution in [0.5, 0.6) is 0 Å². The van der Waals surface area contributed by atoms with E-state index in [0.29, 0.717) is 0 Å². The minimum Gasteiger partial charge on any atom is -0.398 e. The zero-order valence-electron chi connectivity index (χ0n) is 13.7. The van der Waals surface area contributed by atoms with Crippen molar-refractivity contribution < 1.29 is 31.5 Å². The third kappa shape index (κ3) is 4.02. The highest BCUT2D eigenvalue weighted by atomic mass is 35.5. The number of benzene rings is 2. The molecule has 11 heteroatoms. The number of carbonyl (C=O) groups is 1. The lowest BCUT2D eigenvalue weighted by atomic mass is 10.1. The van der Waals surface area contributed by atoms with Gasteiger partial charge >= 0.3 is 6.18 Å². The van der Waals surface area contributed by atoms with Crippen LogP contribution in [-0.2, 0) is 14.6 Å². The summed E-state index contributed by atoms with van der Waals surface area (Å²) in [7, 11) is -4.04. The number of nitrogens with one attached hydrogen (secondary N) is 1. The minimum absolute atomic E-state index is 0.00669. The molecule has 0 heterocycles. The summed E-state index contributed by atoms with van der Waals surface area (Å²) >= 11 is 5.90. The van der Waals surface area contributed by atoms with Gasteiger partial charge in [-0.25, -0.2) is 8.42 Å². The molecule has 0 aliphatic heterocycles. The molecule has 0 spiro atoms. The van der Waals surface area contributed by atoms with Crippen molar-refractivity contribution in [2.45, 2.75) is 28.5 Å². The molecule has 0 fully saturated rings. The van der Waals surface area contributed by atoms with Gasteiger partial charge in [-0.2, -0.15) is 13.2 Å². The summed E-state index contributed by atoms with van der Waals surface area (Å²) in [5.41, 5.74) is 1.72. The molecule has 0 aliphatic carbocycles. The van der Waals surface area contributed by atoms with Crippen LogP contribution in [0.25, 0.3) is 0 Å². The molecule has 1 unspecified atom stereocenters. The molecule has 1 amide bonds. The smallest absolute Gasteiger partial charge is 0.398 e. The maximum Gasteiger partial charge on any atom is 0.426 e. The van der Waals surface area contributed by atoms with Crippen molar-refractivity contribution in [2.75, 3.05) is 11.1 Å². The zero-order chi connectivity index (χ0) is 20.6. The Labute approximate surface area is 157 Å². The Morgan fingerprint density at radius 2 is 1.78 bits per heavy atom. The summed E-state index contributed by atoms with van der Waals surface area (Å²) in [6.45, 7) is 0.285. The minimum atomic E-state index is -5.21. The van der Waals surface area contributed by atoms with Gasteiger partial charge in [0.15, 0.2) is 0 Å². The maximum atomic E-state index is 12.7. The fourth-order valence-corrected chi connectivity index (χ4v) is 3.69. The molecule has 1 atom stereocenters. The second-order valence-electron chi connectivity index (χ2n) is 5.71. The number of nitrogen functional groups attached to an aromatic ring is 1. The fraction of sp³-hybridized carbons (Fsp3) is 0.188. The van der Waals surface area contributed by atoms with Crippen molar-refractivity contribution >= 4 is 38.7 Å². The van der Waals surface area contributed by atoms with Crippen LogP contribution >= 0.6 is 11.6 Å². The molecule has 146 valence electrons. The highest BCUT2D eigenvalue weighted by Gasteiger charge is 2.55. The Bertz CT molecular complexity index is 991. The number of sulfone groups is 1. The number of aliphatic hydroxyl groups is 1. The van der Waals surface area contributed by atoms with E-state index in [9.17, 15) is 31.5 Å². The lowest BCUT2D eigenvalue weighted by molar-refractivity contribution is -0.242. The van der Waals surface area contributed by atoms with Crippen LogP contribution in [-0.4, -0.2) is 31.2 Å². The average molecular weight is 423 g/mol.